The SMILES string of the molecule is O=[N+]([O-])c1cc(CO)cc(COP)c1. The maximum Gasteiger partial charge on any atom is 0.270 e. The molecule has 5 nitrogen and oxygen atoms in total. The van der Waals surface area contributed by atoms with E-state index in [1.807, 2.05) is 0 Å². The van der Waals surface area contributed by atoms with Crippen molar-refractivity contribution >= 4 is 15.2 Å². The highest BCUT2D eigenvalue weighted by atomic mass is 31.0. The molecular weight excluding hydrogens is 205 g/mol. The first kappa shape index (κ1) is 11.0. The van der Waals surface area contributed by atoms with Gasteiger partial charge in [-0.25, -0.2) is 0 Å². The number of nitrogens with zero attached hydrogens (tertiary/aromatic N) is 1. The van der Waals surface area contributed by atoms with Gasteiger partial charge in [-0.15, -0.1) is 0 Å². The number of aliphatic hydroxyl groups excluding tert-OH is 1. The summed E-state index contributed by atoms with van der Waals surface area (Å²) in [5.41, 5.74) is 1.14. The monoisotopic (exact) mass is 215 g/mol. The fourth-order valence-corrected chi connectivity index (χ4v) is 1.31. The normalized spacial score (nSPS) is 10.1. The van der Waals surface area contributed by atoms with Gasteiger partial charge in [-0.3, -0.25) is 10.1 Å². The zero-order valence-electron chi connectivity index (χ0n) is 7.34. The van der Waals surface area contributed by atoms with E-state index in [9.17, 15) is 10.1 Å². The largest absolute Gasteiger partial charge is 0.392 e. The lowest BCUT2D eigenvalue weighted by atomic mass is 10.1. The van der Waals surface area contributed by atoms with Crippen LogP contribution in [0.15, 0.2) is 18.2 Å². The number of hydrogen-bond donors (Lipinski definition) is 1. The van der Waals surface area contributed by atoms with Gasteiger partial charge in [0.05, 0.1) is 18.1 Å². The van der Waals surface area contributed by atoms with E-state index < -0.39 is 4.92 Å². The maximum absolute atomic E-state index is 10.5. The van der Waals surface area contributed by atoms with Crippen LogP contribution in [-0.4, -0.2) is 10.0 Å². The van der Waals surface area contributed by atoms with E-state index in [4.69, 9.17) is 9.63 Å². The quantitative estimate of drug-likeness (QED) is 0.468. The number of hydrogen-bond acceptors (Lipinski definition) is 4. The lowest BCUT2D eigenvalue weighted by molar-refractivity contribution is -0.385. The lowest BCUT2D eigenvalue weighted by Gasteiger charge is -2.02. The van der Waals surface area contributed by atoms with Crippen molar-refractivity contribution in [2.45, 2.75) is 13.2 Å². The number of nitro benzene ring substituents is 1. The maximum atomic E-state index is 10.5. The molecule has 0 amide bonds. The molecule has 0 heterocycles. The van der Waals surface area contributed by atoms with Crippen LogP contribution in [0.25, 0.3) is 0 Å². The van der Waals surface area contributed by atoms with Gasteiger partial charge < -0.3 is 9.63 Å². The fourth-order valence-electron chi connectivity index (χ4n) is 1.12. The van der Waals surface area contributed by atoms with Crippen LogP contribution in [0.1, 0.15) is 11.1 Å². The third kappa shape index (κ3) is 2.73. The Balaban J connectivity index is 3.06. The Hall–Kier alpha value is -1.03. The highest BCUT2D eigenvalue weighted by molar-refractivity contribution is 7.09. The summed E-state index contributed by atoms with van der Waals surface area (Å²) >= 11 is 0. The molecule has 0 saturated heterocycles. The Morgan fingerprint density at radius 2 is 2.07 bits per heavy atom. The molecule has 1 aromatic carbocycles. The van der Waals surface area contributed by atoms with Crippen molar-refractivity contribution in [3.63, 3.8) is 0 Å². The first-order chi connectivity index (χ1) is 6.67. The summed E-state index contributed by atoms with van der Waals surface area (Å²) < 4.78 is 4.77. The summed E-state index contributed by atoms with van der Waals surface area (Å²) in [5, 5.41) is 19.4. The van der Waals surface area contributed by atoms with E-state index in [0.29, 0.717) is 11.1 Å². The minimum absolute atomic E-state index is 0.0337. The second kappa shape index (κ2) is 5.00. The molecule has 0 aromatic heterocycles. The summed E-state index contributed by atoms with van der Waals surface area (Å²) in [4.78, 5) is 10.0. The minimum Gasteiger partial charge on any atom is -0.392 e. The predicted octanol–water partition coefficient (Wildman–Crippen LogP) is 1.39. The van der Waals surface area contributed by atoms with E-state index >= 15 is 0 Å². The zero-order valence-corrected chi connectivity index (χ0v) is 8.50. The zero-order chi connectivity index (χ0) is 10.6. The number of benzene rings is 1. The molecular formula is C8H10NO4P. The Morgan fingerprint density at radius 3 is 2.57 bits per heavy atom. The van der Waals surface area contributed by atoms with Crippen LogP contribution in [0.2, 0.25) is 0 Å². The third-order valence-corrected chi connectivity index (χ3v) is 1.85. The van der Waals surface area contributed by atoms with Crippen LogP contribution in [0.5, 0.6) is 0 Å². The summed E-state index contributed by atoms with van der Waals surface area (Å²) in [6.07, 6.45) is 0. The minimum atomic E-state index is -0.495. The van der Waals surface area contributed by atoms with Gasteiger partial charge in [0.1, 0.15) is 0 Å². The van der Waals surface area contributed by atoms with Gasteiger partial charge in [-0.2, -0.15) is 0 Å². The van der Waals surface area contributed by atoms with Gasteiger partial charge in [-0.1, -0.05) is 6.07 Å². The van der Waals surface area contributed by atoms with Crippen LogP contribution in [0, 0.1) is 10.1 Å². The first-order valence-corrected chi connectivity index (χ1v) is 4.34. The Labute approximate surface area is 83.1 Å². The van der Waals surface area contributed by atoms with Crippen LogP contribution in [0.3, 0.4) is 0 Å². The molecule has 0 radical (unpaired) electrons. The van der Waals surface area contributed by atoms with Gasteiger partial charge in [-0.05, 0) is 11.1 Å². The first-order valence-electron chi connectivity index (χ1n) is 3.87. The van der Waals surface area contributed by atoms with Crippen molar-refractivity contribution in [2.24, 2.45) is 0 Å². The molecule has 76 valence electrons. The van der Waals surface area contributed by atoms with Crippen molar-refractivity contribution in [2.75, 3.05) is 0 Å². The Morgan fingerprint density at radius 1 is 1.43 bits per heavy atom. The van der Waals surface area contributed by atoms with E-state index in [-0.39, 0.29) is 18.9 Å². The molecule has 0 bridgehead atoms. The van der Waals surface area contributed by atoms with Gasteiger partial charge in [0, 0.05) is 21.6 Å². The highest BCUT2D eigenvalue weighted by Gasteiger charge is 2.08. The van der Waals surface area contributed by atoms with Crippen molar-refractivity contribution in [1.82, 2.24) is 0 Å². The molecule has 1 aromatic rings. The van der Waals surface area contributed by atoms with Gasteiger partial charge >= 0.3 is 0 Å². The average Bonchev–Trinajstić information content (AvgIpc) is 2.17. The second-order valence-corrected chi connectivity index (χ2v) is 3.07. The number of rotatable bonds is 4. The molecule has 0 aliphatic carbocycles. The van der Waals surface area contributed by atoms with Crippen LogP contribution in [0.4, 0.5) is 5.69 Å². The summed E-state index contributed by atoms with van der Waals surface area (Å²) in [7, 11) is 2.07. The molecule has 0 fully saturated rings. The van der Waals surface area contributed by atoms with E-state index in [1.54, 1.807) is 6.07 Å². The predicted molar refractivity (Wildman–Crippen MR) is 53.5 cm³/mol. The second-order valence-electron chi connectivity index (χ2n) is 2.73. The van der Waals surface area contributed by atoms with Crippen molar-refractivity contribution in [3.05, 3.63) is 39.4 Å². The van der Waals surface area contributed by atoms with E-state index in [1.165, 1.54) is 12.1 Å². The van der Waals surface area contributed by atoms with Crippen molar-refractivity contribution < 1.29 is 14.6 Å². The molecule has 0 aliphatic rings. The van der Waals surface area contributed by atoms with Gasteiger partial charge in [0.15, 0.2) is 0 Å². The standard InChI is InChI=1S/C8H10NO4P/c10-4-6-1-7(5-13-14)3-8(2-6)9(11)12/h1-3,10H,4-5,14H2. The third-order valence-electron chi connectivity index (χ3n) is 1.68. The Bertz CT molecular complexity index is 342. The topological polar surface area (TPSA) is 72.6 Å². The molecule has 0 aliphatic heterocycles. The molecule has 1 atom stereocenters. The lowest BCUT2D eigenvalue weighted by Crippen LogP contribution is -1.94. The molecule has 0 saturated carbocycles. The van der Waals surface area contributed by atoms with Gasteiger partial charge in [0.2, 0.25) is 0 Å². The van der Waals surface area contributed by atoms with Crippen LogP contribution in [-0.2, 0) is 17.7 Å². The van der Waals surface area contributed by atoms with Gasteiger partial charge in [0.25, 0.3) is 5.69 Å². The molecule has 1 unspecified atom stereocenters. The summed E-state index contributed by atoms with van der Waals surface area (Å²) in [6, 6.07) is 4.42. The molecule has 1 rings (SSSR count). The van der Waals surface area contributed by atoms with Crippen molar-refractivity contribution in [1.29, 1.82) is 0 Å². The molecule has 6 heteroatoms. The molecule has 0 spiro atoms. The van der Waals surface area contributed by atoms with E-state index in [0.717, 1.165) is 0 Å². The number of nitro groups is 1. The van der Waals surface area contributed by atoms with E-state index in [2.05, 4.69) is 9.47 Å². The van der Waals surface area contributed by atoms with Crippen LogP contribution >= 0.6 is 9.47 Å². The smallest absolute Gasteiger partial charge is 0.270 e. The molecule has 1 N–H and O–H groups in total. The van der Waals surface area contributed by atoms with Crippen LogP contribution < -0.4 is 0 Å². The Kier molecular flexibility index (Phi) is 3.95. The molecule has 14 heavy (non-hydrogen) atoms. The van der Waals surface area contributed by atoms with Crippen molar-refractivity contribution in [3.8, 4) is 0 Å². The average molecular weight is 215 g/mol. The summed E-state index contributed by atoms with van der Waals surface area (Å²) in [5.74, 6) is 0. The number of aliphatic hydroxyl groups is 1. The highest BCUT2D eigenvalue weighted by Crippen LogP contribution is 2.18. The number of non-ortho nitro benzene ring substituents is 1. The summed E-state index contributed by atoms with van der Waals surface area (Å²) in [6.45, 7) is 0.0465. The fraction of sp³-hybridized carbons (Fsp3) is 0.250.